The summed E-state index contributed by atoms with van der Waals surface area (Å²) in [5, 5.41) is 0. The second-order valence-electron chi connectivity index (χ2n) is 2.61. The molecule has 5 heteroatoms. The Kier molecular flexibility index (Phi) is 3.89. The average molecular weight is 186 g/mol. The Morgan fingerprint density at radius 3 is 2.20 bits per heavy atom. The highest BCUT2D eigenvalue weighted by molar-refractivity contribution is 7.60. The molecule has 0 rings (SSSR count). The lowest BCUT2D eigenvalue weighted by Gasteiger charge is -2.19. The number of hydrogen-bond donors (Lipinski definition) is 2. The van der Waals surface area contributed by atoms with Crippen LogP contribution in [0, 0.1) is 5.92 Å². The van der Waals surface area contributed by atoms with Crippen LogP contribution in [0.2, 0.25) is 0 Å². The molecule has 0 heterocycles. The molecular formula is C5H13ClNO2P. The van der Waals surface area contributed by atoms with Crippen LogP contribution in [0.5, 0.6) is 0 Å². The van der Waals surface area contributed by atoms with E-state index in [0.717, 1.165) is 0 Å². The summed E-state index contributed by atoms with van der Waals surface area (Å²) in [5.74, 6) is -0.695. The molecule has 2 unspecified atom stereocenters. The van der Waals surface area contributed by atoms with Gasteiger partial charge >= 0.3 is 0 Å². The molecule has 0 aromatic rings. The van der Waals surface area contributed by atoms with E-state index in [0.29, 0.717) is 0 Å². The van der Waals surface area contributed by atoms with Crippen LogP contribution in [-0.4, -0.2) is 16.3 Å². The molecule has 0 aromatic carbocycles. The monoisotopic (exact) mass is 185 g/mol. The number of nitrogens with two attached hydrogens (primary N) is 1. The van der Waals surface area contributed by atoms with Gasteiger partial charge < -0.3 is 10.6 Å². The van der Waals surface area contributed by atoms with Crippen LogP contribution in [0.3, 0.4) is 0 Å². The van der Waals surface area contributed by atoms with Crippen molar-refractivity contribution in [1.82, 2.24) is 0 Å². The van der Waals surface area contributed by atoms with Gasteiger partial charge in [-0.3, -0.25) is 4.57 Å². The van der Waals surface area contributed by atoms with E-state index < -0.39 is 13.2 Å². The predicted molar refractivity (Wildman–Crippen MR) is 43.4 cm³/mol. The van der Waals surface area contributed by atoms with Crippen molar-refractivity contribution < 1.29 is 9.46 Å². The van der Waals surface area contributed by atoms with Crippen LogP contribution in [-0.2, 0) is 4.57 Å². The van der Waals surface area contributed by atoms with Gasteiger partial charge in [0.25, 0.3) is 0 Å². The third-order valence-corrected chi connectivity index (χ3v) is 4.22. The highest BCUT2D eigenvalue weighted by Crippen LogP contribution is 2.47. The van der Waals surface area contributed by atoms with Crippen molar-refractivity contribution in [2.45, 2.75) is 19.6 Å². The van der Waals surface area contributed by atoms with E-state index in [9.17, 15) is 4.57 Å². The fraction of sp³-hybridized carbons (Fsp3) is 1.00. The Morgan fingerprint density at radius 1 is 1.70 bits per heavy atom. The first-order chi connectivity index (χ1) is 4.41. The molecular weight excluding hydrogens is 172 g/mol. The molecule has 0 amide bonds. The fourth-order valence-corrected chi connectivity index (χ4v) is 2.11. The molecule has 0 saturated heterocycles. The number of alkyl halides is 1. The average Bonchev–Trinajstić information content (AvgIpc) is 1.86. The minimum atomic E-state index is -3.28. The third kappa shape index (κ3) is 2.59. The van der Waals surface area contributed by atoms with E-state index in [1.807, 2.05) is 0 Å². The standard InChI is InChI=1S/C5H13ClNO2P/c1-4(2)5(7)10(8,9)3-6/h4-5H,3,7H2,1-2H3,(H,8,9). The van der Waals surface area contributed by atoms with Crippen LogP contribution in [0.25, 0.3) is 0 Å². The SMILES string of the molecule is CC(C)C(N)P(=O)(O)CCl. The number of halogens is 1. The van der Waals surface area contributed by atoms with Gasteiger partial charge in [0.1, 0.15) is 5.62 Å². The molecule has 0 fully saturated rings. The Labute approximate surface area is 66.0 Å². The molecule has 2 atom stereocenters. The fourth-order valence-electron chi connectivity index (χ4n) is 0.546. The Morgan fingerprint density at radius 2 is 2.10 bits per heavy atom. The molecule has 3 N–H and O–H groups in total. The van der Waals surface area contributed by atoms with Gasteiger partial charge in [0.2, 0.25) is 7.37 Å². The minimum absolute atomic E-state index is 0.00502. The summed E-state index contributed by atoms with van der Waals surface area (Å²) in [4.78, 5) is 9.06. The largest absolute Gasteiger partial charge is 0.342 e. The van der Waals surface area contributed by atoms with Gasteiger partial charge in [-0.05, 0) is 5.92 Å². The molecule has 0 bridgehead atoms. The Hall–Kier alpha value is 0.440. The summed E-state index contributed by atoms with van der Waals surface area (Å²) in [6.45, 7) is 3.58. The van der Waals surface area contributed by atoms with Gasteiger partial charge in [-0.1, -0.05) is 13.8 Å². The maximum atomic E-state index is 11.0. The minimum Gasteiger partial charge on any atom is -0.342 e. The van der Waals surface area contributed by atoms with Crippen LogP contribution in [0.15, 0.2) is 0 Å². The van der Waals surface area contributed by atoms with Crippen molar-refractivity contribution in [3.63, 3.8) is 0 Å². The van der Waals surface area contributed by atoms with Crippen LogP contribution in [0.4, 0.5) is 0 Å². The summed E-state index contributed by atoms with van der Waals surface area (Å²) in [6.07, 6.45) is 0. The van der Waals surface area contributed by atoms with Crippen molar-refractivity contribution in [3.8, 4) is 0 Å². The first-order valence-corrected chi connectivity index (χ1v) is 5.49. The van der Waals surface area contributed by atoms with Gasteiger partial charge in [-0.25, -0.2) is 0 Å². The first-order valence-electron chi connectivity index (χ1n) is 3.05. The molecule has 0 aliphatic carbocycles. The zero-order valence-electron chi connectivity index (χ0n) is 6.12. The van der Waals surface area contributed by atoms with Gasteiger partial charge in [-0.15, -0.1) is 11.6 Å². The quantitative estimate of drug-likeness (QED) is 0.516. The van der Waals surface area contributed by atoms with Crippen molar-refractivity contribution in [2.75, 3.05) is 5.62 Å². The van der Waals surface area contributed by atoms with Crippen LogP contribution >= 0.6 is 19.0 Å². The topological polar surface area (TPSA) is 63.3 Å². The van der Waals surface area contributed by atoms with Crippen LogP contribution < -0.4 is 5.73 Å². The smallest absolute Gasteiger partial charge is 0.231 e. The zero-order chi connectivity index (χ0) is 8.36. The van der Waals surface area contributed by atoms with E-state index in [4.69, 9.17) is 22.2 Å². The summed E-state index contributed by atoms with van der Waals surface area (Å²) < 4.78 is 11.0. The summed E-state index contributed by atoms with van der Waals surface area (Å²) in [5.41, 5.74) is 5.15. The Bertz CT molecular complexity index is 151. The van der Waals surface area contributed by atoms with Crippen LogP contribution in [0.1, 0.15) is 13.8 Å². The molecule has 3 nitrogen and oxygen atoms in total. The lowest BCUT2D eigenvalue weighted by Crippen LogP contribution is -2.26. The molecule has 0 aromatic heterocycles. The lowest BCUT2D eigenvalue weighted by molar-refractivity contribution is 0.445. The Balaban J connectivity index is 4.19. The van der Waals surface area contributed by atoms with E-state index in [1.54, 1.807) is 13.8 Å². The number of hydrogen-bond acceptors (Lipinski definition) is 2. The number of rotatable bonds is 3. The van der Waals surface area contributed by atoms with Crippen molar-refractivity contribution in [2.24, 2.45) is 11.7 Å². The zero-order valence-corrected chi connectivity index (χ0v) is 7.77. The van der Waals surface area contributed by atoms with Crippen molar-refractivity contribution in [1.29, 1.82) is 0 Å². The highest BCUT2D eigenvalue weighted by Gasteiger charge is 2.28. The molecule has 10 heavy (non-hydrogen) atoms. The highest BCUT2D eigenvalue weighted by atomic mass is 35.5. The second kappa shape index (κ2) is 3.72. The lowest BCUT2D eigenvalue weighted by atomic mass is 10.2. The molecule has 0 aliphatic heterocycles. The predicted octanol–water partition coefficient (Wildman–Crippen LogP) is 1.39. The van der Waals surface area contributed by atoms with Crippen molar-refractivity contribution in [3.05, 3.63) is 0 Å². The van der Waals surface area contributed by atoms with Crippen molar-refractivity contribution >= 4 is 19.0 Å². The van der Waals surface area contributed by atoms with E-state index in [2.05, 4.69) is 0 Å². The molecule has 0 aliphatic rings. The van der Waals surface area contributed by atoms with E-state index >= 15 is 0 Å². The second-order valence-corrected chi connectivity index (χ2v) is 5.67. The summed E-state index contributed by atoms with van der Waals surface area (Å²) in [6, 6.07) is 0. The molecule has 0 radical (unpaired) electrons. The molecule has 62 valence electrons. The van der Waals surface area contributed by atoms with Gasteiger partial charge in [0, 0.05) is 0 Å². The summed E-state index contributed by atoms with van der Waals surface area (Å²) in [7, 11) is -3.28. The van der Waals surface area contributed by atoms with Gasteiger partial charge in [0.15, 0.2) is 0 Å². The first kappa shape index (κ1) is 10.4. The maximum absolute atomic E-state index is 11.0. The summed E-state index contributed by atoms with van der Waals surface area (Å²) >= 11 is 5.24. The molecule has 0 spiro atoms. The maximum Gasteiger partial charge on any atom is 0.231 e. The van der Waals surface area contributed by atoms with Gasteiger partial charge in [0.05, 0.1) is 5.78 Å². The van der Waals surface area contributed by atoms with E-state index in [1.165, 1.54) is 0 Å². The van der Waals surface area contributed by atoms with Gasteiger partial charge in [-0.2, -0.15) is 0 Å². The van der Waals surface area contributed by atoms with E-state index in [-0.39, 0.29) is 11.5 Å². The third-order valence-electron chi connectivity index (χ3n) is 1.32. The molecule has 0 saturated carbocycles. The normalized spacial score (nSPS) is 20.6.